The number of hydrogen-bond donors (Lipinski definition) is 1. The van der Waals surface area contributed by atoms with Crippen LogP contribution in [0.2, 0.25) is 0 Å². The highest BCUT2D eigenvalue weighted by Crippen LogP contribution is 2.25. The van der Waals surface area contributed by atoms with Crippen LogP contribution in [0.1, 0.15) is 11.1 Å². The molecule has 0 heterocycles. The van der Waals surface area contributed by atoms with E-state index in [9.17, 15) is 9.18 Å². The Bertz CT molecular complexity index is 684. The van der Waals surface area contributed by atoms with E-state index in [1.54, 1.807) is 12.1 Å². The maximum atomic E-state index is 12.8. The summed E-state index contributed by atoms with van der Waals surface area (Å²) < 4.78 is 19.5. The number of alkyl halides is 1. The molecule has 0 saturated carbocycles. The first kappa shape index (κ1) is 16.5. The van der Waals surface area contributed by atoms with Gasteiger partial charge < -0.3 is 9.84 Å². The van der Waals surface area contributed by atoms with Crippen LogP contribution in [-0.2, 0) is 11.4 Å². The number of benzene rings is 2. The van der Waals surface area contributed by atoms with E-state index in [4.69, 9.17) is 9.84 Å². The van der Waals surface area contributed by atoms with Gasteiger partial charge >= 0.3 is 5.97 Å². The Morgan fingerprint density at radius 3 is 2.59 bits per heavy atom. The molecular formula is C17H14FIO3. The monoisotopic (exact) mass is 412 g/mol. The van der Waals surface area contributed by atoms with Gasteiger partial charge in [-0.1, -0.05) is 36.4 Å². The molecule has 0 aromatic heterocycles. The van der Waals surface area contributed by atoms with Crippen LogP contribution in [0.5, 0.6) is 5.75 Å². The summed E-state index contributed by atoms with van der Waals surface area (Å²) in [6.07, 6.45) is 1.30. The molecular weight excluding hydrogens is 398 g/mol. The van der Waals surface area contributed by atoms with Crippen molar-refractivity contribution in [3.8, 4) is 5.75 Å². The normalized spacial score (nSPS) is 11.3. The summed E-state index contributed by atoms with van der Waals surface area (Å²) in [5.41, 5.74) is 1.25. The molecule has 3 nitrogen and oxygen atoms in total. The van der Waals surface area contributed by atoms with Crippen molar-refractivity contribution in [2.24, 2.45) is 0 Å². The average Bonchev–Trinajstić information content (AvgIpc) is 2.52. The highest BCUT2D eigenvalue weighted by molar-refractivity contribution is 14.1. The van der Waals surface area contributed by atoms with E-state index in [-0.39, 0.29) is 5.57 Å². The molecule has 0 atom stereocenters. The largest absolute Gasteiger partial charge is 0.488 e. The Labute approximate surface area is 141 Å². The fourth-order valence-electron chi connectivity index (χ4n) is 1.83. The summed E-state index contributed by atoms with van der Waals surface area (Å²) in [5.74, 6) is -0.738. The fourth-order valence-corrected chi connectivity index (χ4v) is 2.30. The Kier molecular flexibility index (Phi) is 5.94. The summed E-state index contributed by atoms with van der Waals surface area (Å²) >= 11 is 2.14. The first-order chi connectivity index (χ1) is 10.6. The van der Waals surface area contributed by atoms with Gasteiger partial charge in [0.15, 0.2) is 0 Å². The molecule has 0 aliphatic carbocycles. The van der Waals surface area contributed by atoms with Crippen LogP contribution in [0.4, 0.5) is 4.39 Å². The standard InChI is InChI=1S/C17H14FIO3/c18-10-14(17(20)21)8-13-6-7-15(19)9-16(13)22-11-12-4-2-1-3-5-12/h1-9H,10-11H2,(H,20,21). The lowest BCUT2D eigenvalue weighted by atomic mass is 10.1. The zero-order valence-corrected chi connectivity index (χ0v) is 13.8. The highest BCUT2D eigenvalue weighted by Gasteiger charge is 2.10. The lowest BCUT2D eigenvalue weighted by Gasteiger charge is -2.10. The van der Waals surface area contributed by atoms with Crippen LogP contribution in [0.25, 0.3) is 6.08 Å². The maximum Gasteiger partial charge on any atom is 0.334 e. The zero-order valence-electron chi connectivity index (χ0n) is 11.6. The summed E-state index contributed by atoms with van der Waals surface area (Å²) in [7, 11) is 0. The molecule has 22 heavy (non-hydrogen) atoms. The van der Waals surface area contributed by atoms with Crippen molar-refractivity contribution in [1.29, 1.82) is 0 Å². The number of rotatable bonds is 6. The maximum absolute atomic E-state index is 12.8. The first-order valence-corrected chi connectivity index (χ1v) is 7.64. The third-order valence-electron chi connectivity index (χ3n) is 2.96. The summed E-state index contributed by atoms with van der Waals surface area (Å²) in [6, 6.07) is 15.0. The predicted molar refractivity (Wildman–Crippen MR) is 91.5 cm³/mol. The molecule has 0 saturated heterocycles. The minimum atomic E-state index is -1.27. The molecule has 0 fully saturated rings. The molecule has 2 aromatic rings. The van der Waals surface area contributed by atoms with E-state index in [1.165, 1.54) is 6.08 Å². The van der Waals surface area contributed by atoms with Crippen molar-refractivity contribution in [2.45, 2.75) is 6.61 Å². The second-order valence-corrected chi connectivity index (χ2v) is 5.81. The summed E-state index contributed by atoms with van der Waals surface area (Å²) in [6.45, 7) is -0.667. The van der Waals surface area contributed by atoms with E-state index in [0.717, 1.165) is 9.13 Å². The molecule has 2 rings (SSSR count). The van der Waals surface area contributed by atoms with Gasteiger partial charge in [0, 0.05) is 9.13 Å². The Morgan fingerprint density at radius 2 is 1.95 bits per heavy atom. The molecule has 5 heteroatoms. The van der Waals surface area contributed by atoms with Gasteiger partial charge in [-0.3, -0.25) is 0 Å². The zero-order chi connectivity index (χ0) is 15.9. The van der Waals surface area contributed by atoms with Gasteiger partial charge in [-0.05, 0) is 46.4 Å². The van der Waals surface area contributed by atoms with Crippen molar-refractivity contribution >= 4 is 34.6 Å². The molecule has 2 aromatic carbocycles. The van der Waals surface area contributed by atoms with Crippen LogP contribution >= 0.6 is 22.6 Å². The van der Waals surface area contributed by atoms with Gasteiger partial charge in [0.1, 0.15) is 19.0 Å². The minimum absolute atomic E-state index is 0.300. The van der Waals surface area contributed by atoms with Crippen molar-refractivity contribution in [2.75, 3.05) is 6.67 Å². The van der Waals surface area contributed by atoms with Gasteiger partial charge in [-0.15, -0.1) is 0 Å². The molecule has 0 aliphatic heterocycles. The number of carbonyl (C=O) groups is 1. The van der Waals surface area contributed by atoms with Gasteiger partial charge in [0.2, 0.25) is 0 Å². The van der Waals surface area contributed by atoms with Crippen molar-refractivity contribution < 1.29 is 19.0 Å². The first-order valence-electron chi connectivity index (χ1n) is 6.56. The Morgan fingerprint density at radius 1 is 1.23 bits per heavy atom. The molecule has 0 bridgehead atoms. The molecule has 0 spiro atoms. The fraction of sp³-hybridized carbons (Fsp3) is 0.118. The van der Waals surface area contributed by atoms with Gasteiger partial charge in [0.05, 0.1) is 5.57 Å². The van der Waals surface area contributed by atoms with E-state index >= 15 is 0 Å². The number of aliphatic carboxylic acids is 1. The number of carboxylic acids is 1. The van der Waals surface area contributed by atoms with E-state index < -0.39 is 12.6 Å². The quantitative estimate of drug-likeness (QED) is 0.569. The number of carboxylic acid groups (broad SMARTS) is 1. The van der Waals surface area contributed by atoms with Crippen LogP contribution in [-0.4, -0.2) is 17.8 Å². The molecule has 114 valence electrons. The van der Waals surface area contributed by atoms with E-state index in [1.807, 2.05) is 36.4 Å². The number of hydrogen-bond acceptors (Lipinski definition) is 2. The summed E-state index contributed by atoms with van der Waals surface area (Å²) in [4.78, 5) is 10.9. The van der Waals surface area contributed by atoms with Gasteiger partial charge in [-0.2, -0.15) is 0 Å². The third kappa shape index (κ3) is 4.56. The lowest BCUT2D eigenvalue weighted by molar-refractivity contribution is -0.132. The summed E-state index contributed by atoms with van der Waals surface area (Å²) in [5, 5.41) is 8.94. The van der Waals surface area contributed by atoms with Crippen LogP contribution < -0.4 is 4.74 Å². The average molecular weight is 412 g/mol. The van der Waals surface area contributed by atoms with Crippen molar-refractivity contribution in [3.05, 3.63) is 68.8 Å². The van der Waals surface area contributed by atoms with Crippen molar-refractivity contribution in [1.82, 2.24) is 0 Å². The third-order valence-corrected chi connectivity index (χ3v) is 3.63. The molecule has 1 N–H and O–H groups in total. The van der Waals surface area contributed by atoms with Crippen LogP contribution in [0.3, 0.4) is 0 Å². The molecule has 0 amide bonds. The highest BCUT2D eigenvalue weighted by atomic mass is 127. The molecule has 0 aliphatic rings. The number of ether oxygens (including phenoxy) is 1. The topological polar surface area (TPSA) is 46.5 Å². The smallest absolute Gasteiger partial charge is 0.334 e. The van der Waals surface area contributed by atoms with E-state index in [2.05, 4.69) is 22.6 Å². The molecule has 0 radical (unpaired) electrons. The van der Waals surface area contributed by atoms with Crippen molar-refractivity contribution in [3.63, 3.8) is 0 Å². The minimum Gasteiger partial charge on any atom is -0.488 e. The SMILES string of the molecule is O=C(O)C(=Cc1ccc(I)cc1OCc1ccccc1)CF. The lowest BCUT2D eigenvalue weighted by Crippen LogP contribution is -2.03. The predicted octanol–water partition coefficient (Wildman–Crippen LogP) is 4.31. The second kappa shape index (κ2) is 7.93. The van der Waals surface area contributed by atoms with Gasteiger partial charge in [0.25, 0.3) is 0 Å². The van der Waals surface area contributed by atoms with Gasteiger partial charge in [-0.25, -0.2) is 9.18 Å². The molecule has 0 unspecified atom stereocenters. The Hall–Kier alpha value is -1.89. The van der Waals surface area contributed by atoms with E-state index in [0.29, 0.717) is 17.9 Å². The van der Waals surface area contributed by atoms with Crippen LogP contribution in [0.15, 0.2) is 54.1 Å². The van der Waals surface area contributed by atoms with Crippen LogP contribution in [0, 0.1) is 3.57 Å². The second-order valence-electron chi connectivity index (χ2n) is 4.56. The Balaban J connectivity index is 2.26. The number of halogens is 2.